The molecule has 1 fully saturated rings. The van der Waals surface area contributed by atoms with Crippen molar-refractivity contribution in [2.45, 2.75) is 25.7 Å². The molecule has 0 saturated carbocycles. The number of aliphatic carboxylic acids is 2. The van der Waals surface area contributed by atoms with Gasteiger partial charge in [-0.15, -0.1) is 0 Å². The lowest BCUT2D eigenvalue weighted by molar-refractivity contribution is -0.139. The molecule has 0 bridgehead atoms. The highest BCUT2D eigenvalue weighted by atomic mass is 16.5. The van der Waals surface area contributed by atoms with E-state index in [1.54, 1.807) is 0 Å². The molecule has 1 heterocycles. The largest absolute Gasteiger partial charge is 0.481 e. The zero-order valence-electron chi connectivity index (χ0n) is 9.28. The first kappa shape index (κ1) is 14.9. The molecule has 16 heavy (non-hydrogen) atoms. The Morgan fingerprint density at radius 2 is 1.44 bits per heavy atom. The summed E-state index contributed by atoms with van der Waals surface area (Å²) in [4.78, 5) is 19.8. The molecule has 0 amide bonds. The zero-order chi connectivity index (χ0) is 12.2. The maximum atomic E-state index is 9.90. The molecule has 1 aliphatic rings. The number of carbonyl (C=O) groups is 2. The van der Waals surface area contributed by atoms with Gasteiger partial charge in [0.15, 0.2) is 0 Å². The van der Waals surface area contributed by atoms with Crippen molar-refractivity contribution in [2.24, 2.45) is 0 Å². The Morgan fingerprint density at radius 3 is 1.62 bits per heavy atom. The Bertz CT molecular complexity index is 176. The summed E-state index contributed by atoms with van der Waals surface area (Å²) >= 11 is 0. The van der Waals surface area contributed by atoms with Crippen LogP contribution in [0.2, 0.25) is 0 Å². The van der Waals surface area contributed by atoms with Crippen LogP contribution in [0.4, 0.5) is 0 Å². The van der Waals surface area contributed by atoms with Crippen LogP contribution in [-0.2, 0) is 14.3 Å². The van der Waals surface area contributed by atoms with Crippen molar-refractivity contribution >= 4 is 11.9 Å². The number of hydrogen-bond acceptors (Lipinski definition) is 4. The molecule has 0 aromatic carbocycles. The quantitative estimate of drug-likeness (QED) is 0.592. The molecule has 0 aromatic heterocycles. The number of morpholine rings is 1. The van der Waals surface area contributed by atoms with Crippen LogP contribution in [0.5, 0.6) is 0 Å². The molecule has 6 heteroatoms. The molecule has 94 valence electrons. The van der Waals surface area contributed by atoms with Crippen LogP contribution in [0.1, 0.15) is 25.7 Å². The Morgan fingerprint density at radius 1 is 1.00 bits per heavy atom. The Balaban J connectivity index is 0.000000315. The van der Waals surface area contributed by atoms with Gasteiger partial charge < -0.3 is 20.3 Å². The van der Waals surface area contributed by atoms with Gasteiger partial charge in [-0.3, -0.25) is 9.59 Å². The van der Waals surface area contributed by atoms with Gasteiger partial charge in [0.1, 0.15) is 0 Å². The van der Waals surface area contributed by atoms with Crippen molar-refractivity contribution in [1.82, 2.24) is 5.32 Å². The summed E-state index contributed by atoms with van der Waals surface area (Å²) in [5, 5.41) is 19.4. The zero-order valence-corrected chi connectivity index (χ0v) is 9.28. The topological polar surface area (TPSA) is 95.9 Å². The van der Waals surface area contributed by atoms with Crippen molar-refractivity contribution in [3.8, 4) is 0 Å². The van der Waals surface area contributed by atoms with Crippen LogP contribution in [0.25, 0.3) is 0 Å². The van der Waals surface area contributed by atoms with Gasteiger partial charge in [-0.05, 0) is 12.8 Å². The molecular weight excluding hydrogens is 214 g/mol. The Hall–Kier alpha value is -1.14. The van der Waals surface area contributed by atoms with E-state index in [0.717, 1.165) is 26.3 Å². The second kappa shape index (κ2) is 10.4. The molecule has 1 rings (SSSR count). The van der Waals surface area contributed by atoms with Crippen molar-refractivity contribution in [3.63, 3.8) is 0 Å². The number of nitrogens with one attached hydrogen (secondary N) is 1. The van der Waals surface area contributed by atoms with Gasteiger partial charge in [-0.1, -0.05) is 0 Å². The molecule has 0 spiro atoms. The van der Waals surface area contributed by atoms with Gasteiger partial charge in [0, 0.05) is 25.9 Å². The van der Waals surface area contributed by atoms with Crippen LogP contribution in [0.3, 0.4) is 0 Å². The first-order valence-electron chi connectivity index (χ1n) is 5.35. The van der Waals surface area contributed by atoms with Crippen LogP contribution in [-0.4, -0.2) is 48.5 Å². The molecule has 0 aliphatic carbocycles. The maximum absolute atomic E-state index is 9.90. The van der Waals surface area contributed by atoms with Gasteiger partial charge in [-0.2, -0.15) is 0 Å². The van der Waals surface area contributed by atoms with Crippen molar-refractivity contribution in [1.29, 1.82) is 0 Å². The fraction of sp³-hybridized carbons (Fsp3) is 0.800. The highest BCUT2D eigenvalue weighted by Gasteiger charge is 1.99. The average Bonchev–Trinajstić information content (AvgIpc) is 2.27. The fourth-order valence-electron chi connectivity index (χ4n) is 1.07. The van der Waals surface area contributed by atoms with Gasteiger partial charge in [-0.25, -0.2) is 0 Å². The van der Waals surface area contributed by atoms with E-state index < -0.39 is 11.9 Å². The van der Waals surface area contributed by atoms with E-state index in [1.165, 1.54) is 0 Å². The second-order valence-electron chi connectivity index (χ2n) is 3.36. The van der Waals surface area contributed by atoms with E-state index in [1.807, 2.05) is 0 Å². The van der Waals surface area contributed by atoms with Crippen molar-refractivity contribution < 1.29 is 24.5 Å². The SMILES string of the molecule is C1COCCN1.O=C(O)CCCCC(=O)O. The summed E-state index contributed by atoms with van der Waals surface area (Å²) < 4.78 is 5.01. The minimum absolute atomic E-state index is 0.0628. The van der Waals surface area contributed by atoms with E-state index in [0.29, 0.717) is 12.8 Å². The minimum atomic E-state index is -0.870. The predicted octanol–water partition coefficient (Wildman–Crippen LogP) is 0.322. The molecule has 1 aliphatic heterocycles. The van der Waals surface area contributed by atoms with Crippen LogP contribution < -0.4 is 5.32 Å². The van der Waals surface area contributed by atoms with E-state index in [-0.39, 0.29) is 12.8 Å². The molecule has 0 aromatic rings. The maximum Gasteiger partial charge on any atom is 0.303 e. The van der Waals surface area contributed by atoms with E-state index in [2.05, 4.69) is 5.32 Å². The number of ether oxygens (including phenoxy) is 1. The smallest absolute Gasteiger partial charge is 0.303 e. The van der Waals surface area contributed by atoms with Gasteiger partial charge in [0.25, 0.3) is 0 Å². The fourth-order valence-corrected chi connectivity index (χ4v) is 1.07. The average molecular weight is 233 g/mol. The van der Waals surface area contributed by atoms with Crippen molar-refractivity contribution in [3.05, 3.63) is 0 Å². The summed E-state index contributed by atoms with van der Waals surface area (Å²) in [5.41, 5.74) is 0. The summed E-state index contributed by atoms with van der Waals surface area (Å²) in [7, 11) is 0. The first-order valence-corrected chi connectivity index (χ1v) is 5.35. The molecule has 1 saturated heterocycles. The molecule has 6 nitrogen and oxygen atoms in total. The summed E-state index contributed by atoms with van der Waals surface area (Å²) in [6, 6.07) is 0. The lowest BCUT2D eigenvalue weighted by atomic mass is 10.2. The summed E-state index contributed by atoms with van der Waals surface area (Å²) in [6.07, 6.45) is 1.02. The van der Waals surface area contributed by atoms with E-state index in [4.69, 9.17) is 14.9 Å². The summed E-state index contributed by atoms with van der Waals surface area (Å²) in [6.45, 7) is 3.83. The second-order valence-corrected chi connectivity index (χ2v) is 3.36. The Kier molecular flexibility index (Phi) is 9.64. The number of hydrogen-bond donors (Lipinski definition) is 3. The Labute approximate surface area is 94.6 Å². The van der Waals surface area contributed by atoms with Gasteiger partial charge in [0.05, 0.1) is 13.2 Å². The normalized spacial score (nSPS) is 14.8. The molecule has 0 atom stereocenters. The van der Waals surface area contributed by atoms with E-state index >= 15 is 0 Å². The van der Waals surface area contributed by atoms with Gasteiger partial charge in [0.2, 0.25) is 0 Å². The monoisotopic (exact) mass is 233 g/mol. The molecule has 0 radical (unpaired) electrons. The standard InChI is InChI=1S/C6H10O4.C4H9NO/c7-5(8)3-1-2-4-6(9)10;1-3-6-4-2-5-1/h1-4H2,(H,7,8)(H,9,10);5H,1-4H2. The summed E-state index contributed by atoms with van der Waals surface area (Å²) in [5.74, 6) is -1.74. The van der Waals surface area contributed by atoms with Gasteiger partial charge >= 0.3 is 11.9 Å². The van der Waals surface area contributed by atoms with Crippen molar-refractivity contribution in [2.75, 3.05) is 26.3 Å². The third kappa shape index (κ3) is 12.9. The number of rotatable bonds is 5. The molecule has 3 N–H and O–H groups in total. The highest BCUT2D eigenvalue weighted by Crippen LogP contribution is 1.98. The third-order valence-corrected chi connectivity index (χ3v) is 1.88. The highest BCUT2D eigenvalue weighted by molar-refractivity contribution is 5.67. The van der Waals surface area contributed by atoms with Crippen LogP contribution in [0.15, 0.2) is 0 Å². The lowest BCUT2D eigenvalue weighted by Crippen LogP contribution is -2.30. The predicted molar refractivity (Wildman–Crippen MR) is 57.4 cm³/mol. The van der Waals surface area contributed by atoms with Crippen LogP contribution >= 0.6 is 0 Å². The molecular formula is C10H19NO5. The number of carboxylic acids is 2. The first-order chi connectivity index (χ1) is 7.63. The minimum Gasteiger partial charge on any atom is -0.481 e. The number of unbranched alkanes of at least 4 members (excludes halogenated alkanes) is 1. The van der Waals surface area contributed by atoms with E-state index in [9.17, 15) is 9.59 Å². The third-order valence-electron chi connectivity index (χ3n) is 1.88. The lowest BCUT2D eigenvalue weighted by Gasteiger charge is -2.10. The van der Waals surface area contributed by atoms with Crippen LogP contribution in [0, 0.1) is 0 Å². The molecule has 0 unspecified atom stereocenters. The number of carboxylic acid groups (broad SMARTS) is 2.